The van der Waals surface area contributed by atoms with Crippen molar-refractivity contribution in [2.75, 3.05) is 18.1 Å². The van der Waals surface area contributed by atoms with Gasteiger partial charge in [0.25, 0.3) is 0 Å². The predicted molar refractivity (Wildman–Crippen MR) is 98.1 cm³/mol. The predicted octanol–water partition coefficient (Wildman–Crippen LogP) is 5.16. The third-order valence-electron chi connectivity index (χ3n) is 4.37. The van der Waals surface area contributed by atoms with Crippen molar-refractivity contribution in [3.05, 3.63) is 66.2 Å². The van der Waals surface area contributed by atoms with E-state index >= 15 is 0 Å². The zero-order chi connectivity index (χ0) is 15.9. The second-order valence-corrected chi connectivity index (χ2v) is 5.97. The number of hydrogen-bond donors (Lipinski definition) is 0. The van der Waals surface area contributed by atoms with Gasteiger partial charge in [-0.3, -0.25) is 0 Å². The Morgan fingerprint density at radius 3 is 2.61 bits per heavy atom. The summed E-state index contributed by atoms with van der Waals surface area (Å²) in [5.74, 6) is 0.955. The summed E-state index contributed by atoms with van der Waals surface area (Å²) in [6.45, 7) is 3.89. The Hall–Kier alpha value is -2.22. The molecule has 2 aromatic rings. The van der Waals surface area contributed by atoms with Crippen molar-refractivity contribution in [3.8, 4) is 5.75 Å². The Balaban J connectivity index is 1.62. The van der Waals surface area contributed by atoms with Crippen LogP contribution in [0.2, 0.25) is 0 Å². The first-order valence-electron chi connectivity index (χ1n) is 8.58. The van der Waals surface area contributed by atoms with Gasteiger partial charge in [-0.25, -0.2) is 0 Å². The van der Waals surface area contributed by atoms with E-state index in [0.29, 0.717) is 6.04 Å². The Labute approximate surface area is 139 Å². The maximum absolute atomic E-state index is 5.53. The van der Waals surface area contributed by atoms with Crippen molar-refractivity contribution in [1.82, 2.24) is 0 Å². The average molecular weight is 307 g/mol. The van der Waals surface area contributed by atoms with Crippen LogP contribution in [0, 0.1) is 0 Å². The standard InChI is InChI=1S/C21H25NO/c1-2-23-21-15-13-20(14-16-21)22-17-7-12-19(22)11-6-10-18-8-4-3-5-9-18/h3-6,8-10,13-16,19H,2,7,11-12,17H2,1H3. The summed E-state index contributed by atoms with van der Waals surface area (Å²) in [6.07, 6.45) is 8.19. The first-order valence-corrected chi connectivity index (χ1v) is 8.58. The molecular formula is C21H25NO. The number of rotatable bonds is 6. The quantitative estimate of drug-likeness (QED) is 0.731. The van der Waals surface area contributed by atoms with E-state index in [9.17, 15) is 0 Å². The largest absolute Gasteiger partial charge is 0.494 e. The van der Waals surface area contributed by atoms with E-state index in [1.54, 1.807) is 0 Å². The maximum Gasteiger partial charge on any atom is 0.119 e. The molecule has 0 saturated carbocycles. The summed E-state index contributed by atoms with van der Waals surface area (Å²) in [4.78, 5) is 2.53. The van der Waals surface area contributed by atoms with Crippen LogP contribution in [0.3, 0.4) is 0 Å². The fourth-order valence-electron chi connectivity index (χ4n) is 3.25. The monoisotopic (exact) mass is 307 g/mol. The van der Waals surface area contributed by atoms with Gasteiger partial charge in [-0.05, 0) is 56.0 Å². The molecule has 2 nitrogen and oxygen atoms in total. The van der Waals surface area contributed by atoms with Crippen LogP contribution in [0.25, 0.3) is 6.08 Å². The molecule has 0 aromatic heterocycles. The van der Waals surface area contributed by atoms with Crippen molar-refractivity contribution in [3.63, 3.8) is 0 Å². The van der Waals surface area contributed by atoms with E-state index in [2.05, 4.69) is 71.6 Å². The fourth-order valence-corrected chi connectivity index (χ4v) is 3.25. The minimum absolute atomic E-state index is 0.605. The molecule has 23 heavy (non-hydrogen) atoms. The average Bonchev–Trinajstić information content (AvgIpc) is 3.05. The molecule has 0 bridgehead atoms. The maximum atomic E-state index is 5.53. The topological polar surface area (TPSA) is 12.5 Å². The van der Waals surface area contributed by atoms with Gasteiger partial charge >= 0.3 is 0 Å². The normalized spacial score (nSPS) is 17.8. The molecule has 0 amide bonds. The third kappa shape index (κ3) is 4.16. The van der Waals surface area contributed by atoms with Crippen LogP contribution in [0.5, 0.6) is 5.75 Å². The van der Waals surface area contributed by atoms with Crippen LogP contribution in [0.4, 0.5) is 5.69 Å². The van der Waals surface area contributed by atoms with Crippen LogP contribution in [0.15, 0.2) is 60.7 Å². The highest BCUT2D eigenvalue weighted by molar-refractivity contribution is 5.52. The zero-order valence-electron chi connectivity index (χ0n) is 13.8. The van der Waals surface area contributed by atoms with E-state index in [1.807, 2.05) is 6.92 Å². The summed E-state index contributed by atoms with van der Waals surface area (Å²) in [7, 11) is 0. The van der Waals surface area contributed by atoms with Gasteiger partial charge in [0, 0.05) is 18.3 Å². The highest BCUT2D eigenvalue weighted by Gasteiger charge is 2.23. The molecule has 3 rings (SSSR count). The molecule has 0 radical (unpaired) electrons. The fraction of sp³-hybridized carbons (Fsp3) is 0.333. The second kappa shape index (κ2) is 7.87. The van der Waals surface area contributed by atoms with Gasteiger partial charge in [-0.15, -0.1) is 0 Å². The number of hydrogen-bond acceptors (Lipinski definition) is 2. The van der Waals surface area contributed by atoms with Crippen molar-refractivity contribution >= 4 is 11.8 Å². The number of ether oxygens (including phenoxy) is 1. The Bertz CT molecular complexity index is 618. The number of benzene rings is 2. The molecule has 1 saturated heterocycles. The lowest BCUT2D eigenvalue weighted by Crippen LogP contribution is -2.28. The summed E-state index contributed by atoms with van der Waals surface area (Å²) in [5, 5.41) is 0. The van der Waals surface area contributed by atoms with Gasteiger partial charge in [0.15, 0.2) is 0 Å². The van der Waals surface area contributed by atoms with E-state index in [0.717, 1.165) is 25.3 Å². The summed E-state index contributed by atoms with van der Waals surface area (Å²) in [5.41, 5.74) is 2.59. The molecule has 1 unspecified atom stereocenters. The van der Waals surface area contributed by atoms with Gasteiger partial charge in [-0.2, -0.15) is 0 Å². The highest BCUT2D eigenvalue weighted by atomic mass is 16.5. The van der Waals surface area contributed by atoms with Crippen LogP contribution >= 0.6 is 0 Å². The van der Waals surface area contributed by atoms with Crippen molar-refractivity contribution in [2.45, 2.75) is 32.2 Å². The minimum atomic E-state index is 0.605. The lowest BCUT2D eigenvalue weighted by Gasteiger charge is -2.26. The molecule has 1 aliphatic rings. The molecular weight excluding hydrogens is 282 g/mol. The first-order chi connectivity index (χ1) is 11.4. The summed E-state index contributed by atoms with van der Waals surface area (Å²) < 4.78 is 5.53. The molecule has 1 atom stereocenters. The molecule has 0 aliphatic carbocycles. The van der Waals surface area contributed by atoms with Gasteiger partial charge in [-0.1, -0.05) is 42.5 Å². The van der Waals surface area contributed by atoms with E-state index in [4.69, 9.17) is 4.74 Å². The van der Waals surface area contributed by atoms with Crippen molar-refractivity contribution in [2.24, 2.45) is 0 Å². The zero-order valence-corrected chi connectivity index (χ0v) is 13.8. The third-order valence-corrected chi connectivity index (χ3v) is 4.37. The molecule has 0 spiro atoms. The second-order valence-electron chi connectivity index (χ2n) is 5.97. The van der Waals surface area contributed by atoms with Gasteiger partial charge in [0.05, 0.1) is 6.61 Å². The molecule has 1 heterocycles. The van der Waals surface area contributed by atoms with Crippen LogP contribution in [0.1, 0.15) is 31.7 Å². The van der Waals surface area contributed by atoms with E-state index in [1.165, 1.54) is 24.1 Å². The molecule has 120 valence electrons. The molecule has 0 N–H and O–H groups in total. The lowest BCUT2D eigenvalue weighted by atomic mass is 10.1. The van der Waals surface area contributed by atoms with E-state index in [-0.39, 0.29) is 0 Å². The van der Waals surface area contributed by atoms with Crippen LogP contribution < -0.4 is 9.64 Å². The van der Waals surface area contributed by atoms with Crippen molar-refractivity contribution < 1.29 is 4.74 Å². The SMILES string of the molecule is CCOc1ccc(N2CCCC2CC=Cc2ccccc2)cc1. The Morgan fingerprint density at radius 2 is 1.87 bits per heavy atom. The Morgan fingerprint density at radius 1 is 1.09 bits per heavy atom. The number of nitrogens with zero attached hydrogens (tertiary/aromatic N) is 1. The smallest absolute Gasteiger partial charge is 0.119 e. The molecule has 2 heteroatoms. The van der Waals surface area contributed by atoms with E-state index < -0.39 is 0 Å². The van der Waals surface area contributed by atoms with Crippen LogP contribution in [-0.2, 0) is 0 Å². The summed E-state index contributed by atoms with van der Waals surface area (Å²) >= 11 is 0. The highest BCUT2D eigenvalue weighted by Crippen LogP contribution is 2.29. The van der Waals surface area contributed by atoms with Crippen LogP contribution in [-0.4, -0.2) is 19.2 Å². The Kier molecular flexibility index (Phi) is 5.36. The minimum Gasteiger partial charge on any atom is -0.494 e. The van der Waals surface area contributed by atoms with Crippen molar-refractivity contribution in [1.29, 1.82) is 0 Å². The molecule has 1 aliphatic heterocycles. The summed E-state index contributed by atoms with van der Waals surface area (Å²) in [6, 6.07) is 19.7. The number of anilines is 1. The van der Waals surface area contributed by atoms with Gasteiger partial charge in [0.1, 0.15) is 5.75 Å². The van der Waals surface area contributed by atoms with Gasteiger partial charge < -0.3 is 9.64 Å². The molecule has 2 aromatic carbocycles. The molecule has 1 fully saturated rings. The lowest BCUT2D eigenvalue weighted by molar-refractivity contribution is 0.340. The first kappa shape index (κ1) is 15.7. The van der Waals surface area contributed by atoms with Gasteiger partial charge in [0.2, 0.25) is 0 Å².